The van der Waals surface area contributed by atoms with Crippen LogP contribution in [0.2, 0.25) is 0 Å². The van der Waals surface area contributed by atoms with Crippen molar-refractivity contribution in [3.63, 3.8) is 0 Å². The summed E-state index contributed by atoms with van der Waals surface area (Å²) in [5.41, 5.74) is 3.01. The van der Waals surface area contributed by atoms with Crippen LogP contribution in [0.1, 0.15) is 24.8 Å². The molecule has 1 aliphatic heterocycles. The lowest BCUT2D eigenvalue weighted by molar-refractivity contribution is -0.120. The molecule has 1 fully saturated rings. The van der Waals surface area contributed by atoms with Gasteiger partial charge in [0.05, 0.1) is 10.6 Å². The second-order valence-corrected chi connectivity index (χ2v) is 9.22. The first-order chi connectivity index (χ1) is 14.1. The molecule has 3 aromatic rings. The normalized spacial score (nSPS) is 17.1. The summed E-state index contributed by atoms with van der Waals surface area (Å²) < 4.78 is 1.64. The Morgan fingerprint density at radius 3 is 2.86 bits per heavy atom. The molecule has 2 aromatic heterocycles. The first-order valence-electron chi connectivity index (χ1n) is 9.73. The van der Waals surface area contributed by atoms with Gasteiger partial charge in [-0.1, -0.05) is 54.1 Å². The average molecular weight is 426 g/mol. The number of benzene rings is 1. The van der Waals surface area contributed by atoms with Crippen LogP contribution in [0.4, 0.5) is 0 Å². The molecule has 1 atom stereocenters. The third kappa shape index (κ3) is 4.02. The molecule has 1 amide bonds. The second-order valence-electron chi connectivity index (χ2n) is 7.19. The quantitative estimate of drug-likeness (QED) is 0.487. The number of carbonyl (C=O) groups is 1. The van der Waals surface area contributed by atoms with E-state index < -0.39 is 0 Å². The predicted molar refractivity (Wildman–Crippen MR) is 121 cm³/mol. The number of fused-ring (bicyclic) bond motifs is 1. The van der Waals surface area contributed by atoms with Crippen LogP contribution in [0.25, 0.3) is 21.3 Å². The lowest BCUT2D eigenvalue weighted by atomic mass is 10.1. The maximum atomic E-state index is 13.4. The Kier molecular flexibility index (Phi) is 5.87. The third-order valence-corrected chi connectivity index (χ3v) is 7.19. The van der Waals surface area contributed by atoms with Gasteiger partial charge in [0.15, 0.2) is 5.16 Å². The molecule has 7 heteroatoms. The fraction of sp³-hybridized carbons (Fsp3) is 0.318. The van der Waals surface area contributed by atoms with E-state index in [1.165, 1.54) is 28.7 Å². The molecular formula is C22H23N3O2S2. The SMILES string of the molecule is C=CCn1c(SC2CCCCNC2=O)nc2scc(-c3ccc(C)cc3)c2c1=O. The van der Waals surface area contributed by atoms with Crippen molar-refractivity contribution in [2.45, 2.75) is 43.1 Å². The average Bonchev–Trinajstić information content (AvgIpc) is 3.03. The summed E-state index contributed by atoms with van der Waals surface area (Å²) in [6.07, 6.45) is 4.46. The minimum atomic E-state index is -0.227. The first-order valence-corrected chi connectivity index (χ1v) is 11.5. The van der Waals surface area contributed by atoms with E-state index in [1.807, 2.05) is 36.6 Å². The van der Waals surface area contributed by atoms with Gasteiger partial charge in [0, 0.05) is 24.0 Å². The highest BCUT2D eigenvalue weighted by Crippen LogP contribution is 2.34. The number of nitrogens with one attached hydrogen (secondary N) is 1. The minimum Gasteiger partial charge on any atom is -0.355 e. The van der Waals surface area contributed by atoms with Gasteiger partial charge in [-0.2, -0.15) is 0 Å². The largest absolute Gasteiger partial charge is 0.355 e. The first kappa shape index (κ1) is 19.9. The molecule has 0 radical (unpaired) electrons. The summed E-state index contributed by atoms with van der Waals surface area (Å²) in [5.74, 6) is 0.0264. The Bertz CT molecular complexity index is 1120. The number of allylic oxidation sites excluding steroid dienone is 1. The highest BCUT2D eigenvalue weighted by molar-refractivity contribution is 8.00. The van der Waals surface area contributed by atoms with Crippen molar-refractivity contribution in [1.82, 2.24) is 14.9 Å². The summed E-state index contributed by atoms with van der Waals surface area (Å²) >= 11 is 2.86. The Labute approximate surface area is 177 Å². The van der Waals surface area contributed by atoms with Crippen molar-refractivity contribution in [1.29, 1.82) is 0 Å². The number of thioether (sulfide) groups is 1. The summed E-state index contributed by atoms with van der Waals surface area (Å²) in [6, 6.07) is 8.16. The van der Waals surface area contributed by atoms with Gasteiger partial charge in [-0.25, -0.2) is 4.98 Å². The number of aryl methyl sites for hydroxylation is 1. The van der Waals surface area contributed by atoms with Gasteiger partial charge in [0.1, 0.15) is 4.83 Å². The molecule has 0 saturated carbocycles. The van der Waals surface area contributed by atoms with Gasteiger partial charge < -0.3 is 5.32 Å². The standard InChI is InChI=1S/C22H23N3O2S2/c1-3-12-25-21(27)18-16(15-9-7-14(2)8-10-15)13-28-20(18)24-22(25)29-17-6-4-5-11-23-19(17)26/h3,7-10,13,17H,1,4-6,11-12H2,2H3,(H,23,26). The molecule has 1 N–H and O–H groups in total. The molecule has 0 spiro atoms. The van der Waals surface area contributed by atoms with E-state index in [4.69, 9.17) is 4.98 Å². The van der Waals surface area contributed by atoms with Crippen molar-refractivity contribution in [3.05, 3.63) is 58.2 Å². The van der Waals surface area contributed by atoms with Crippen LogP contribution in [0.3, 0.4) is 0 Å². The molecule has 150 valence electrons. The van der Waals surface area contributed by atoms with E-state index in [-0.39, 0.29) is 16.7 Å². The van der Waals surface area contributed by atoms with Crippen LogP contribution in [0.5, 0.6) is 0 Å². The van der Waals surface area contributed by atoms with Gasteiger partial charge in [-0.15, -0.1) is 17.9 Å². The minimum absolute atomic E-state index is 0.0264. The van der Waals surface area contributed by atoms with E-state index in [1.54, 1.807) is 10.6 Å². The smallest absolute Gasteiger partial charge is 0.263 e. The number of hydrogen-bond donors (Lipinski definition) is 1. The number of carbonyl (C=O) groups excluding carboxylic acids is 1. The Balaban J connectivity index is 1.81. The molecule has 0 bridgehead atoms. The van der Waals surface area contributed by atoms with Gasteiger partial charge in [0.25, 0.3) is 5.56 Å². The number of rotatable bonds is 5. The molecule has 1 saturated heterocycles. The molecule has 29 heavy (non-hydrogen) atoms. The van der Waals surface area contributed by atoms with Gasteiger partial charge >= 0.3 is 0 Å². The zero-order valence-electron chi connectivity index (χ0n) is 16.3. The monoisotopic (exact) mass is 425 g/mol. The highest BCUT2D eigenvalue weighted by Gasteiger charge is 2.25. The molecule has 0 aliphatic carbocycles. The summed E-state index contributed by atoms with van der Waals surface area (Å²) in [6.45, 7) is 6.92. The number of hydrogen-bond acceptors (Lipinski definition) is 5. The third-order valence-electron chi connectivity index (χ3n) is 5.07. The zero-order valence-corrected chi connectivity index (χ0v) is 17.9. The van der Waals surface area contributed by atoms with Crippen LogP contribution in [-0.4, -0.2) is 27.3 Å². The molecular weight excluding hydrogens is 402 g/mol. The number of thiophene rings is 1. The van der Waals surface area contributed by atoms with Crippen molar-refractivity contribution in [3.8, 4) is 11.1 Å². The van der Waals surface area contributed by atoms with Gasteiger partial charge in [0.2, 0.25) is 5.91 Å². The van der Waals surface area contributed by atoms with E-state index in [2.05, 4.69) is 11.9 Å². The Hall–Kier alpha value is -2.38. The van der Waals surface area contributed by atoms with Crippen LogP contribution in [0.15, 0.2) is 52.3 Å². The lowest BCUT2D eigenvalue weighted by Gasteiger charge is -2.15. The topological polar surface area (TPSA) is 64.0 Å². The molecule has 1 unspecified atom stereocenters. The fourth-order valence-electron chi connectivity index (χ4n) is 3.48. The van der Waals surface area contributed by atoms with E-state index in [0.29, 0.717) is 28.5 Å². The van der Waals surface area contributed by atoms with Gasteiger partial charge in [-0.3, -0.25) is 14.2 Å². The zero-order chi connectivity index (χ0) is 20.4. The molecule has 3 heterocycles. The summed E-state index contributed by atoms with van der Waals surface area (Å²) in [7, 11) is 0. The van der Waals surface area contributed by atoms with Crippen molar-refractivity contribution in [2.24, 2.45) is 0 Å². The Morgan fingerprint density at radius 1 is 1.31 bits per heavy atom. The van der Waals surface area contributed by atoms with Crippen molar-refractivity contribution >= 4 is 39.2 Å². The maximum absolute atomic E-state index is 13.4. The summed E-state index contributed by atoms with van der Waals surface area (Å²) in [5, 5.41) is 5.94. The predicted octanol–water partition coefficient (Wildman–Crippen LogP) is 4.38. The van der Waals surface area contributed by atoms with E-state index >= 15 is 0 Å². The second kappa shape index (κ2) is 8.55. The van der Waals surface area contributed by atoms with Crippen LogP contribution in [0, 0.1) is 6.92 Å². The van der Waals surface area contributed by atoms with Crippen LogP contribution in [-0.2, 0) is 11.3 Å². The van der Waals surface area contributed by atoms with Crippen molar-refractivity contribution < 1.29 is 4.79 Å². The lowest BCUT2D eigenvalue weighted by Crippen LogP contribution is -2.32. The molecule has 1 aliphatic rings. The van der Waals surface area contributed by atoms with E-state index in [0.717, 1.165) is 30.4 Å². The van der Waals surface area contributed by atoms with Crippen molar-refractivity contribution in [2.75, 3.05) is 6.54 Å². The number of nitrogens with zero attached hydrogens (tertiary/aromatic N) is 2. The Morgan fingerprint density at radius 2 is 2.10 bits per heavy atom. The number of amides is 1. The maximum Gasteiger partial charge on any atom is 0.263 e. The number of aromatic nitrogens is 2. The van der Waals surface area contributed by atoms with Gasteiger partial charge in [-0.05, 0) is 25.3 Å². The van der Waals surface area contributed by atoms with Crippen LogP contribution >= 0.6 is 23.1 Å². The van der Waals surface area contributed by atoms with Crippen LogP contribution < -0.4 is 10.9 Å². The summed E-state index contributed by atoms with van der Waals surface area (Å²) in [4.78, 5) is 31.3. The molecule has 5 nitrogen and oxygen atoms in total. The molecule has 4 rings (SSSR count). The van der Waals surface area contributed by atoms with E-state index in [9.17, 15) is 9.59 Å². The highest BCUT2D eigenvalue weighted by atomic mass is 32.2. The molecule has 1 aromatic carbocycles. The fourth-order valence-corrected chi connectivity index (χ4v) is 5.64.